The van der Waals surface area contributed by atoms with Gasteiger partial charge in [-0.3, -0.25) is 4.79 Å². The van der Waals surface area contributed by atoms with Gasteiger partial charge in [0.25, 0.3) is 5.91 Å². The predicted molar refractivity (Wildman–Crippen MR) is 122 cm³/mol. The van der Waals surface area contributed by atoms with Crippen molar-refractivity contribution in [3.8, 4) is 0 Å². The number of alkyl carbamates (subject to hydrolysis) is 1. The molecule has 0 saturated heterocycles. The van der Waals surface area contributed by atoms with Gasteiger partial charge >= 0.3 is 6.09 Å². The zero-order chi connectivity index (χ0) is 22.2. The standard InChI is InChI=1S/C23H25ClN4O3/c1-15(2)14-31-23(30)27-21(11-17-13-25-20-6-4-3-5-19(17)20)22(29)28-26-12-16-7-9-18(24)10-8-16/h3-10,12-13,15,21,25H,11,14H2,1-2H3,(H,27,30)(H,28,29). The molecule has 2 amide bonds. The first-order chi connectivity index (χ1) is 14.9. The Bertz CT molecular complexity index is 1060. The molecule has 1 unspecified atom stereocenters. The van der Waals surface area contributed by atoms with Gasteiger partial charge in [0.05, 0.1) is 12.8 Å². The number of aromatic nitrogens is 1. The number of fused-ring (bicyclic) bond motifs is 1. The van der Waals surface area contributed by atoms with E-state index >= 15 is 0 Å². The largest absolute Gasteiger partial charge is 0.449 e. The minimum Gasteiger partial charge on any atom is -0.449 e. The van der Waals surface area contributed by atoms with E-state index in [2.05, 4.69) is 20.8 Å². The van der Waals surface area contributed by atoms with E-state index in [1.54, 1.807) is 24.3 Å². The number of carbonyl (C=O) groups excluding carboxylic acids is 2. The van der Waals surface area contributed by atoms with Gasteiger partial charge in [-0.2, -0.15) is 5.10 Å². The molecule has 3 rings (SSSR count). The number of nitrogens with one attached hydrogen (secondary N) is 3. The van der Waals surface area contributed by atoms with E-state index in [1.807, 2.05) is 44.3 Å². The molecule has 0 bridgehead atoms. The number of aromatic amines is 1. The molecule has 2 aromatic carbocycles. The summed E-state index contributed by atoms with van der Waals surface area (Å²) in [5.41, 5.74) is 5.14. The van der Waals surface area contributed by atoms with E-state index in [0.29, 0.717) is 5.02 Å². The lowest BCUT2D eigenvalue weighted by molar-refractivity contribution is -0.123. The summed E-state index contributed by atoms with van der Waals surface area (Å²) in [5.74, 6) is -0.257. The second-order valence-corrected chi connectivity index (χ2v) is 7.98. The minimum absolute atomic E-state index is 0.190. The second kappa shape index (κ2) is 10.6. The molecule has 3 N–H and O–H groups in total. The van der Waals surface area contributed by atoms with Crippen molar-refractivity contribution in [2.24, 2.45) is 11.0 Å². The van der Waals surface area contributed by atoms with Crippen LogP contribution in [0, 0.1) is 5.92 Å². The Labute approximate surface area is 185 Å². The monoisotopic (exact) mass is 440 g/mol. The number of H-pyrrole nitrogens is 1. The predicted octanol–water partition coefficient (Wildman–Crippen LogP) is 4.26. The van der Waals surface area contributed by atoms with Crippen molar-refractivity contribution in [3.05, 3.63) is 70.9 Å². The van der Waals surface area contributed by atoms with Crippen molar-refractivity contribution in [3.63, 3.8) is 0 Å². The molecule has 31 heavy (non-hydrogen) atoms. The number of amides is 2. The summed E-state index contributed by atoms with van der Waals surface area (Å²) >= 11 is 5.87. The van der Waals surface area contributed by atoms with Gasteiger partial charge in [-0.15, -0.1) is 0 Å². The fourth-order valence-corrected chi connectivity index (χ4v) is 3.08. The fraction of sp³-hybridized carbons (Fsp3) is 0.261. The number of hydrazone groups is 1. The summed E-state index contributed by atoms with van der Waals surface area (Å²) < 4.78 is 5.19. The van der Waals surface area contributed by atoms with E-state index in [-0.39, 0.29) is 18.9 Å². The van der Waals surface area contributed by atoms with Crippen molar-refractivity contribution < 1.29 is 14.3 Å². The van der Waals surface area contributed by atoms with Gasteiger partial charge in [0, 0.05) is 28.5 Å². The minimum atomic E-state index is -0.860. The number of benzene rings is 2. The molecule has 1 atom stereocenters. The third-order valence-electron chi connectivity index (χ3n) is 4.51. The zero-order valence-electron chi connectivity index (χ0n) is 17.4. The molecular formula is C23H25ClN4O3. The van der Waals surface area contributed by atoms with Gasteiger partial charge in [-0.05, 0) is 35.2 Å². The highest BCUT2D eigenvalue weighted by Gasteiger charge is 2.23. The molecule has 0 aliphatic rings. The van der Waals surface area contributed by atoms with Crippen LogP contribution in [0.5, 0.6) is 0 Å². The Morgan fingerprint density at radius 3 is 2.65 bits per heavy atom. The molecule has 0 aliphatic heterocycles. The first-order valence-electron chi connectivity index (χ1n) is 9.99. The van der Waals surface area contributed by atoms with Crippen LogP contribution >= 0.6 is 11.6 Å². The van der Waals surface area contributed by atoms with E-state index in [1.165, 1.54) is 6.21 Å². The van der Waals surface area contributed by atoms with Crippen LogP contribution in [0.2, 0.25) is 5.02 Å². The average molecular weight is 441 g/mol. The molecule has 3 aromatic rings. The maximum Gasteiger partial charge on any atom is 0.407 e. The Balaban J connectivity index is 1.71. The SMILES string of the molecule is CC(C)COC(=O)NC(Cc1c[nH]c2ccccc12)C(=O)NN=Cc1ccc(Cl)cc1. The van der Waals surface area contributed by atoms with Gasteiger partial charge < -0.3 is 15.0 Å². The summed E-state index contributed by atoms with van der Waals surface area (Å²) in [4.78, 5) is 28.2. The Morgan fingerprint density at radius 1 is 1.16 bits per heavy atom. The van der Waals surface area contributed by atoms with Crippen LogP contribution in [0.25, 0.3) is 10.9 Å². The van der Waals surface area contributed by atoms with Gasteiger partial charge in [0.2, 0.25) is 0 Å². The molecular weight excluding hydrogens is 416 g/mol. The Hall–Kier alpha value is -3.32. The lowest BCUT2D eigenvalue weighted by Crippen LogP contribution is -2.47. The van der Waals surface area contributed by atoms with E-state index in [4.69, 9.17) is 16.3 Å². The van der Waals surface area contributed by atoms with Gasteiger partial charge in [0.1, 0.15) is 6.04 Å². The van der Waals surface area contributed by atoms with E-state index in [9.17, 15) is 9.59 Å². The summed E-state index contributed by atoms with van der Waals surface area (Å²) in [6.45, 7) is 4.14. The third kappa shape index (κ3) is 6.58. The summed E-state index contributed by atoms with van der Waals surface area (Å²) in [6.07, 6.45) is 2.98. The van der Waals surface area contributed by atoms with Crippen LogP contribution < -0.4 is 10.7 Å². The maximum atomic E-state index is 12.8. The molecule has 162 valence electrons. The van der Waals surface area contributed by atoms with Gasteiger partial charge in [0.15, 0.2) is 0 Å². The lowest BCUT2D eigenvalue weighted by Gasteiger charge is -2.17. The third-order valence-corrected chi connectivity index (χ3v) is 4.77. The molecule has 0 radical (unpaired) electrons. The number of nitrogens with zero attached hydrogens (tertiary/aromatic N) is 1. The van der Waals surface area contributed by atoms with Gasteiger partial charge in [-0.1, -0.05) is 55.8 Å². The van der Waals surface area contributed by atoms with Crippen LogP contribution in [0.4, 0.5) is 4.79 Å². The van der Waals surface area contributed by atoms with E-state index in [0.717, 1.165) is 22.0 Å². The van der Waals surface area contributed by atoms with Crippen LogP contribution in [0.1, 0.15) is 25.0 Å². The fourth-order valence-electron chi connectivity index (χ4n) is 2.95. The molecule has 7 nitrogen and oxygen atoms in total. The van der Waals surface area contributed by atoms with Crippen molar-refractivity contribution in [1.29, 1.82) is 0 Å². The highest BCUT2D eigenvalue weighted by molar-refractivity contribution is 6.30. The molecule has 0 spiro atoms. The highest BCUT2D eigenvalue weighted by Crippen LogP contribution is 2.19. The lowest BCUT2D eigenvalue weighted by atomic mass is 10.0. The first-order valence-corrected chi connectivity index (χ1v) is 10.4. The van der Waals surface area contributed by atoms with Crippen LogP contribution in [-0.4, -0.2) is 35.8 Å². The summed E-state index contributed by atoms with van der Waals surface area (Å²) in [7, 11) is 0. The molecule has 8 heteroatoms. The normalized spacial score (nSPS) is 12.3. The van der Waals surface area contributed by atoms with Crippen molar-refractivity contribution >= 4 is 40.7 Å². The number of halogens is 1. The second-order valence-electron chi connectivity index (χ2n) is 7.54. The summed E-state index contributed by atoms with van der Waals surface area (Å²) in [6, 6.07) is 13.9. The average Bonchev–Trinajstić information content (AvgIpc) is 3.16. The highest BCUT2D eigenvalue weighted by atomic mass is 35.5. The first kappa shape index (κ1) is 22.4. The molecule has 0 aliphatic carbocycles. The van der Waals surface area contributed by atoms with Crippen molar-refractivity contribution in [2.45, 2.75) is 26.3 Å². The summed E-state index contributed by atoms with van der Waals surface area (Å²) in [5, 5.41) is 8.25. The van der Waals surface area contributed by atoms with Crippen LogP contribution in [-0.2, 0) is 16.0 Å². The topological polar surface area (TPSA) is 95.6 Å². The smallest absolute Gasteiger partial charge is 0.407 e. The van der Waals surface area contributed by atoms with Crippen molar-refractivity contribution in [1.82, 2.24) is 15.7 Å². The number of rotatable bonds is 8. The Morgan fingerprint density at radius 2 is 1.90 bits per heavy atom. The van der Waals surface area contributed by atoms with Gasteiger partial charge in [-0.25, -0.2) is 10.2 Å². The molecule has 0 fully saturated rings. The van der Waals surface area contributed by atoms with E-state index < -0.39 is 18.0 Å². The van der Waals surface area contributed by atoms with Crippen LogP contribution in [0.3, 0.4) is 0 Å². The quantitative estimate of drug-likeness (QED) is 0.360. The number of ether oxygens (including phenoxy) is 1. The van der Waals surface area contributed by atoms with Crippen molar-refractivity contribution in [2.75, 3.05) is 6.61 Å². The number of hydrogen-bond donors (Lipinski definition) is 3. The zero-order valence-corrected chi connectivity index (χ0v) is 18.1. The Kier molecular flexibility index (Phi) is 7.67. The molecule has 1 heterocycles. The number of hydrogen-bond acceptors (Lipinski definition) is 4. The number of carbonyl (C=O) groups is 2. The maximum absolute atomic E-state index is 12.8. The molecule has 0 saturated carbocycles. The van der Waals surface area contributed by atoms with Crippen LogP contribution in [0.15, 0.2) is 59.8 Å². The molecule has 1 aromatic heterocycles. The number of para-hydroxylation sites is 1.